The number of aromatic nitrogens is 4. The van der Waals surface area contributed by atoms with Gasteiger partial charge in [0.25, 0.3) is 0 Å². The van der Waals surface area contributed by atoms with Crippen LogP contribution in [0.25, 0.3) is 0 Å². The fourth-order valence-corrected chi connectivity index (χ4v) is 2.67. The van der Waals surface area contributed by atoms with E-state index in [1.165, 1.54) is 12.3 Å². The molecule has 0 unspecified atom stereocenters. The van der Waals surface area contributed by atoms with Crippen molar-refractivity contribution in [2.45, 2.75) is 31.8 Å². The van der Waals surface area contributed by atoms with Crippen LogP contribution in [-0.4, -0.2) is 34.7 Å². The molecule has 0 radical (unpaired) electrons. The minimum atomic E-state index is -3.61. The van der Waals surface area contributed by atoms with Crippen molar-refractivity contribution in [2.75, 3.05) is 11.9 Å². The van der Waals surface area contributed by atoms with Gasteiger partial charge in [-0.05, 0) is 26.0 Å². The molecule has 0 aliphatic carbocycles. The molecule has 0 spiro atoms. The van der Waals surface area contributed by atoms with Crippen molar-refractivity contribution in [3.63, 3.8) is 0 Å². The first-order valence-corrected chi connectivity index (χ1v) is 8.11. The second-order valence-electron chi connectivity index (χ2n) is 4.27. The summed E-state index contributed by atoms with van der Waals surface area (Å²) < 4.78 is 28.6. The van der Waals surface area contributed by atoms with Gasteiger partial charge in [-0.25, -0.2) is 18.1 Å². The molecule has 2 aromatic rings. The highest BCUT2D eigenvalue weighted by Gasteiger charge is 2.15. The fraction of sp³-hybridized carbons (Fsp3) is 0.417. The Kier molecular flexibility index (Phi) is 4.86. The molecule has 2 aromatic heterocycles. The average molecular weight is 310 g/mol. The lowest BCUT2D eigenvalue weighted by Crippen LogP contribution is -2.25. The lowest BCUT2D eigenvalue weighted by Gasteiger charge is -2.08. The van der Waals surface area contributed by atoms with Crippen LogP contribution in [-0.2, 0) is 23.1 Å². The van der Waals surface area contributed by atoms with Gasteiger partial charge in [0.05, 0.1) is 6.54 Å². The van der Waals surface area contributed by atoms with Gasteiger partial charge in [0.1, 0.15) is 22.9 Å². The summed E-state index contributed by atoms with van der Waals surface area (Å²) >= 11 is 0. The van der Waals surface area contributed by atoms with Crippen LogP contribution in [0.2, 0.25) is 0 Å². The summed E-state index contributed by atoms with van der Waals surface area (Å²) in [5, 5.41) is 10.6. The third kappa shape index (κ3) is 3.76. The van der Waals surface area contributed by atoms with Crippen molar-refractivity contribution < 1.29 is 8.42 Å². The Hall–Kier alpha value is -2.00. The van der Waals surface area contributed by atoms with Gasteiger partial charge in [0.15, 0.2) is 0 Å². The molecule has 0 aliphatic rings. The summed E-state index contributed by atoms with van der Waals surface area (Å²) in [4.78, 5) is 4.17. The maximum Gasteiger partial charge on any atom is 0.242 e. The summed E-state index contributed by atoms with van der Waals surface area (Å²) in [6.45, 7) is 5.38. The van der Waals surface area contributed by atoms with Gasteiger partial charge >= 0.3 is 0 Å². The standard InChI is InChI=1S/C12H18N6O2S/c1-3-13-11-6-5-10(7-14-11)21(19,20)16-8-12-17-15-9-18(12)4-2/h5-7,9,16H,3-4,8H2,1-2H3,(H,13,14). The second-order valence-corrected chi connectivity index (χ2v) is 6.03. The number of nitrogens with one attached hydrogen (secondary N) is 2. The first-order valence-electron chi connectivity index (χ1n) is 6.63. The molecule has 0 fully saturated rings. The van der Waals surface area contributed by atoms with E-state index in [0.717, 1.165) is 6.54 Å². The molecule has 0 amide bonds. The number of rotatable bonds is 7. The molecule has 0 bridgehead atoms. The minimum absolute atomic E-state index is 0.0884. The SMILES string of the molecule is CCNc1ccc(S(=O)(=O)NCc2nncn2CC)cn1. The molecular formula is C12H18N6O2S. The Morgan fingerprint density at radius 2 is 2.10 bits per heavy atom. The van der Waals surface area contributed by atoms with Crippen molar-refractivity contribution >= 4 is 15.8 Å². The highest BCUT2D eigenvalue weighted by molar-refractivity contribution is 7.89. The van der Waals surface area contributed by atoms with Gasteiger partial charge in [0.2, 0.25) is 10.0 Å². The van der Waals surface area contributed by atoms with Gasteiger partial charge in [-0.15, -0.1) is 10.2 Å². The van der Waals surface area contributed by atoms with Crippen molar-refractivity contribution in [2.24, 2.45) is 0 Å². The predicted octanol–water partition coefficient (Wildman–Crippen LogP) is 0.603. The average Bonchev–Trinajstić information content (AvgIpc) is 2.94. The Bertz CT molecular complexity index is 680. The normalized spacial score (nSPS) is 11.5. The number of hydrogen-bond donors (Lipinski definition) is 2. The zero-order valence-corrected chi connectivity index (χ0v) is 12.8. The molecule has 21 heavy (non-hydrogen) atoms. The van der Waals surface area contributed by atoms with Crippen molar-refractivity contribution in [1.29, 1.82) is 0 Å². The molecule has 2 N–H and O–H groups in total. The number of sulfonamides is 1. The maximum absolute atomic E-state index is 12.2. The first kappa shape index (κ1) is 15.4. The van der Waals surface area contributed by atoms with E-state index in [1.807, 2.05) is 13.8 Å². The summed E-state index contributed by atoms with van der Waals surface area (Å²) in [5.74, 6) is 1.21. The van der Waals surface area contributed by atoms with Crippen LogP contribution in [0.1, 0.15) is 19.7 Å². The zero-order valence-electron chi connectivity index (χ0n) is 11.9. The zero-order chi connectivity index (χ0) is 15.3. The minimum Gasteiger partial charge on any atom is -0.370 e. The molecule has 0 aromatic carbocycles. The van der Waals surface area contributed by atoms with Crippen LogP contribution in [0.15, 0.2) is 29.6 Å². The first-order chi connectivity index (χ1) is 10.1. The number of anilines is 1. The van der Waals surface area contributed by atoms with Crippen LogP contribution in [0.3, 0.4) is 0 Å². The van der Waals surface area contributed by atoms with Crippen LogP contribution in [0.4, 0.5) is 5.82 Å². The third-order valence-corrected chi connectivity index (χ3v) is 4.25. The fourth-order valence-electron chi connectivity index (χ4n) is 1.75. The second kappa shape index (κ2) is 6.64. The van der Waals surface area contributed by atoms with E-state index >= 15 is 0 Å². The molecule has 2 rings (SSSR count). The topological polar surface area (TPSA) is 102 Å². The van der Waals surface area contributed by atoms with Gasteiger partial charge < -0.3 is 9.88 Å². The van der Waals surface area contributed by atoms with Crippen molar-refractivity contribution in [1.82, 2.24) is 24.5 Å². The van der Waals surface area contributed by atoms with Gasteiger partial charge in [-0.2, -0.15) is 0 Å². The van der Waals surface area contributed by atoms with Gasteiger partial charge in [-0.1, -0.05) is 0 Å². The van der Waals surface area contributed by atoms with Crippen molar-refractivity contribution in [3.8, 4) is 0 Å². The van der Waals surface area contributed by atoms with Crippen LogP contribution in [0.5, 0.6) is 0 Å². The van der Waals surface area contributed by atoms with Crippen molar-refractivity contribution in [3.05, 3.63) is 30.5 Å². The number of hydrogen-bond acceptors (Lipinski definition) is 6. The Balaban J connectivity index is 2.07. The molecule has 0 atom stereocenters. The molecule has 8 nitrogen and oxygen atoms in total. The third-order valence-electron chi connectivity index (χ3n) is 2.86. The largest absolute Gasteiger partial charge is 0.370 e. The highest BCUT2D eigenvalue weighted by atomic mass is 32.2. The lowest BCUT2D eigenvalue weighted by molar-refractivity contribution is 0.574. The van der Waals surface area contributed by atoms with E-state index < -0.39 is 10.0 Å². The lowest BCUT2D eigenvalue weighted by atomic mass is 10.4. The Labute approximate surface area is 123 Å². The highest BCUT2D eigenvalue weighted by Crippen LogP contribution is 2.11. The monoisotopic (exact) mass is 310 g/mol. The number of nitrogens with zero attached hydrogens (tertiary/aromatic N) is 4. The van der Waals surface area contributed by atoms with E-state index in [9.17, 15) is 8.42 Å². The van der Waals surface area contributed by atoms with E-state index in [4.69, 9.17) is 0 Å². The Morgan fingerprint density at radius 1 is 1.29 bits per heavy atom. The predicted molar refractivity (Wildman–Crippen MR) is 78.1 cm³/mol. The van der Waals surface area contributed by atoms with E-state index in [-0.39, 0.29) is 11.4 Å². The number of pyridine rings is 1. The molecule has 2 heterocycles. The van der Waals surface area contributed by atoms with E-state index in [0.29, 0.717) is 18.2 Å². The summed E-state index contributed by atoms with van der Waals surface area (Å²) in [7, 11) is -3.61. The van der Waals surface area contributed by atoms with Gasteiger partial charge in [-0.3, -0.25) is 0 Å². The van der Waals surface area contributed by atoms with Gasteiger partial charge in [0, 0.05) is 19.3 Å². The van der Waals surface area contributed by atoms with Crippen LogP contribution < -0.4 is 10.0 Å². The quantitative estimate of drug-likeness (QED) is 0.776. The summed E-state index contributed by atoms with van der Waals surface area (Å²) in [5.41, 5.74) is 0. The molecular weight excluding hydrogens is 292 g/mol. The Morgan fingerprint density at radius 3 is 2.71 bits per heavy atom. The molecule has 0 saturated heterocycles. The van der Waals surface area contributed by atoms with Crippen LogP contribution in [0, 0.1) is 0 Å². The smallest absolute Gasteiger partial charge is 0.242 e. The molecule has 114 valence electrons. The summed E-state index contributed by atoms with van der Waals surface area (Å²) in [6.07, 6.45) is 2.89. The maximum atomic E-state index is 12.2. The molecule has 0 aliphatic heterocycles. The van der Waals surface area contributed by atoms with E-state index in [2.05, 4.69) is 25.2 Å². The van der Waals surface area contributed by atoms with Crippen LogP contribution >= 0.6 is 0 Å². The number of aryl methyl sites for hydroxylation is 1. The molecule has 9 heteroatoms. The summed E-state index contributed by atoms with van der Waals surface area (Å²) in [6, 6.07) is 3.14. The molecule has 0 saturated carbocycles. The van der Waals surface area contributed by atoms with E-state index in [1.54, 1.807) is 17.0 Å².